The van der Waals surface area contributed by atoms with Gasteiger partial charge < -0.3 is 10.4 Å². The molecule has 1 aromatic carbocycles. The molecule has 1 amide bonds. The summed E-state index contributed by atoms with van der Waals surface area (Å²) in [6.45, 7) is 0. The lowest BCUT2D eigenvalue weighted by atomic mass is 10.1. The van der Waals surface area contributed by atoms with Crippen LogP contribution in [0.4, 0.5) is 4.39 Å². The predicted octanol–water partition coefficient (Wildman–Crippen LogP) is 1.81. The van der Waals surface area contributed by atoms with Gasteiger partial charge in [-0.05, 0) is 37.5 Å². The molecule has 0 unspecified atom stereocenters. The lowest BCUT2D eigenvalue weighted by Crippen LogP contribution is -2.33. The molecule has 2 N–H and O–H groups in total. The minimum Gasteiger partial charge on any atom is -0.481 e. The highest BCUT2D eigenvalue weighted by Crippen LogP contribution is 2.25. The topological polar surface area (TPSA) is 66.4 Å². The molecule has 96 valence electrons. The molecule has 1 aliphatic rings. The molecule has 2 atom stereocenters. The molecule has 2 rings (SSSR count). The van der Waals surface area contributed by atoms with E-state index in [9.17, 15) is 14.0 Å². The van der Waals surface area contributed by atoms with Crippen LogP contribution in [-0.4, -0.2) is 23.0 Å². The number of hydrogen-bond donors (Lipinski definition) is 2. The molecule has 0 saturated heterocycles. The van der Waals surface area contributed by atoms with Gasteiger partial charge in [-0.3, -0.25) is 9.59 Å². The van der Waals surface area contributed by atoms with E-state index in [2.05, 4.69) is 5.32 Å². The molecule has 1 saturated carbocycles. The quantitative estimate of drug-likeness (QED) is 0.861. The Morgan fingerprint density at radius 3 is 2.72 bits per heavy atom. The van der Waals surface area contributed by atoms with Crippen molar-refractivity contribution in [2.75, 3.05) is 0 Å². The van der Waals surface area contributed by atoms with Crippen molar-refractivity contribution < 1.29 is 19.1 Å². The molecule has 0 heterocycles. The maximum Gasteiger partial charge on any atom is 0.306 e. The summed E-state index contributed by atoms with van der Waals surface area (Å²) in [7, 11) is 0. The van der Waals surface area contributed by atoms with Crippen LogP contribution in [0, 0.1) is 11.7 Å². The summed E-state index contributed by atoms with van der Waals surface area (Å²) in [5.41, 5.74) is 0.258. The number of carbonyl (C=O) groups is 2. The number of hydrogen-bond acceptors (Lipinski definition) is 2. The standard InChI is InChI=1S/C13H14FNO3/c14-10-3-1-2-8(6-10)12(16)15-11-5-4-9(7-11)13(17)18/h1-3,6,9,11H,4-5,7H2,(H,15,16)(H,17,18)/t9-,11-/m1/s1. The highest BCUT2D eigenvalue weighted by atomic mass is 19.1. The molecule has 1 aromatic rings. The number of rotatable bonds is 3. The van der Waals surface area contributed by atoms with Gasteiger partial charge in [-0.1, -0.05) is 6.07 Å². The Balaban J connectivity index is 1.95. The minimum atomic E-state index is -0.822. The van der Waals surface area contributed by atoms with E-state index in [0.29, 0.717) is 19.3 Å². The molecule has 4 nitrogen and oxygen atoms in total. The molecule has 0 radical (unpaired) electrons. The lowest BCUT2D eigenvalue weighted by molar-refractivity contribution is -0.141. The number of carboxylic acids is 1. The first-order valence-electron chi connectivity index (χ1n) is 5.85. The van der Waals surface area contributed by atoms with E-state index in [1.54, 1.807) is 0 Å². The van der Waals surface area contributed by atoms with Crippen molar-refractivity contribution in [3.8, 4) is 0 Å². The highest BCUT2D eigenvalue weighted by Gasteiger charge is 2.30. The lowest BCUT2D eigenvalue weighted by Gasteiger charge is -2.12. The maximum absolute atomic E-state index is 13.0. The van der Waals surface area contributed by atoms with Gasteiger partial charge in [0.05, 0.1) is 5.92 Å². The third kappa shape index (κ3) is 2.85. The van der Waals surface area contributed by atoms with Crippen molar-refractivity contribution in [2.45, 2.75) is 25.3 Å². The van der Waals surface area contributed by atoms with Crippen LogP contribution in [0.25, 0.3) is 0 Å². The fourth-order valence-corrected chi connectivity index (χ4v) is 2.24. The largest absolute Gasteiger partial charge is 0.481 e. The van der Waals surface area contributed by atoms with Crippen LogP contribution >= 0.6 is 0 Å². The summed E-state index contributed by atoms with van der Waals surface area (Å²) in [6.07, 6.45) is 1.66. The number of halogens is 1. The minimum absolute atomic E-state index is 0.137. The summed E-state index contributed by atoms with van der Waals surface area (Å²) in [6, 6.07) is 5.30. The van der Waals surface area contributed by atoms with Crippen LogP contribution in [0.15, 0.2) is 24.3 Å². The number of aliphatic carboxylic acids is 1. The summed E-state index contributed by atoms with van der Waals surface area (Å²) in [4.78, 5) is 22.6. The summed E-state index contributed by atoms with van der Waals surface area (Å²) in [5, 5.41) is 11.6. The second-order valence-electron chi connectivity index (χ2n) is 4.53. The van der Waals surface area contributed by atoms with Crippen molar-refractivity contribution >= 4 is 11.9 Å². The predicted molar refractivity (Wildman–Crippen MR) is 62.6 cm³/mol. The van der Waals surface area contributed by atoms with Crippen molar-refractivity contribution in [1.82, 2.24) is 5.32 Å². The molecule has 0 aliphatic heterocycles. The average molecular weight is 251 g/mol. The van der Waals surface area contributed by atoms with E-state index in [1.807, 2.05) is 0 Å². The first-order chi connectivity index (χ1) is 8.56. The average Bonchev–Trinajstić information content (AvgIpc) is 2.77. The Morgan fingerprint density at radius 1 is 1.33 bits per heavy atom. The van der Waals surface area contributed by atoms with Crippen molar-refractivity contribution in [2.24, 2.45) is 5.92 Å². The molecular weight excluding hydrogens is 237 g/mol. The van der Waals surface area contributed by atoms with Crippen LogP contribution in [0.2, 0.25) is 0 Å². The third-order valence-electron chi connectivity index (χ3n) is 3.20. The molecule has 18 heavy (non-hydrogen) atoms. The van der Waals surface area contributed by atoms with Crippen molar-refractivity contribution in [1.29, 1.82) is 0 Å². The van der Waals surface area contributed by atoms with Gasteiger partial charge in [0.15, 0.2) is 0 Å². The van der Waals surface area contributed by atoms with Gasteiger partial charge in [0.25, 0.3) is 5.91 Å². The molecule has 1 fully saturated rings. The SMILES string of the molecule is O=C(N[C@@H]1CC[C@@H](C(=O)O)C1)c1cccc(F)c1. The smallest absolute Gasteiger partial charge is 0.306 e. The summed E-state index contributed by atoms with van der Waals surface area (Å²) >= 11 is 0. The zero-order valence-electron chi connectivity index (χ0n) is 9.73. The van der Waals surface area contributed by atoms with Gasteiger partial charge in [0.2, 0.25) is 0 Å². The van der Waals surface area contributed by atoms with Gasteiger partial charge in [0.1, 0.15) is 5.82 Å². The van der Waals surface area contributed by atoms with Gasteiger partial charge in [-0.25, -0.2) is 4.39 Å². The second kappa shape index (κ2) is 5.16. The molecule has 5 heteroatoms. The van der Waals surface area contributed by atoms with Gasteiger partial charge in [0, 0.05) is 11.6 Å². The number of carbonyl (C=O) groups excluding carboxylic acids is 1. The Morgan fingerprint density at radius 2 is 2.11 bits per heavy atom. The monoisotopic (exact) mass is 251 g/mol. The summed E-state index contributed by atoms with van der Waals surface area (Å²) in [5.74, 6) is -2.02. The van der Waals surface area contributed by atoms with E-state index >= 15 is 0 Å². The first kappa shape index (κ1) is 12.5. The molecule has 0 aromatic heterocycles. The fourth-order valence-electron chi connectivity index (χ4n) is 2.24. The Labute approximate surface area is 104 Å². The zero-order chi connectivity index (χ0) is 13.1. The Bertz CT molecular complexity index is 475. The van der Waals surface area contributed by atoms with Gasteiger partial charge in [-0.2, -0.15) is 0 Å². The van der Waals surface area contributed by atoms with E-state index in [4.69, 9.17) is 5.11 Å². The Hall–Kier alpha value is -1.91. The second-order valence-corrected chi connectivity index (χ2v) is 4.53. The molecular formula is C13H14FNO3. The third-order valence-corrected chi connectivity index (χ3v) is 3.20. The van der Waals surface area contributed by atoms with Gasteiger partial charge >= 0.3 is 5.97 Å². The number of benzene rings is 1. The first-order valence-corrected chi connectivity index (χ1v) is 5.85. The van der Waals surface area contributed by atoms with E-state index < -0.39 is 11.8 Å². The summed E-state index contributed by atoms with van der Waals surface area (Å²) < 4.78 is 13.0. The maximum atomic E-state index is 13.0. The highest BCUT2D eigenvalue weighted by molar-refractivity contribution is 5.94. The number of amides is 1. The van der Waals surface area contributed by atoms with Crippen LogP contribution in [0.5, 0.6) is 0 Å². The molecule has 0 bridgehead atoms. The van der Waals surface area contributed by atoms with E-state index in [-0.39, 0.29) is 23.4 Å². The Kier molecular flexibility index (Phi) is 3.60. The van der Waals surface area contributed by atoms with Crippen LogP contribution in [0.3, 0.4) is 0 Å². The number of carboxylic acid groups (broad SMARTS) is 1. The van der Waals surface area contributed by atoms with Crippen molar-refractivity contribution in [3.05, 3.63) is 35.6 Å². The van der Waals surface area contributed by atoms with E-state index in [1.165, 1.54) is 24.3 Å². The van der Waals surface area contributed by atoms with Crippen molar-refractivity contribution in [3.63, 3.8) is 0 Å². The van der Waals surface area contributed by atoms with Crippen LogP contribution in [-0.2, 0) is 4.79 Å². The van der Waals surface area contributed by atoms with Crippen LogP contribution in [0.1, 0.15) is 29.6 Å². The van der Waals surface area contributed by atoms with E-state index in [0.717, 1.165) is 0 Å². The fraction of sp³-hybridized carbons (Fsp3) is 0.385. The molecule has 0 spiro atoms. The number of nitrogens with one attached hydrogen (secondary N) is 1. The zero-order valence-corrected chi connectivity index (χ0v) is 9.73. The normalized spacial score (nSPS) is 22.7. The van der Waals surface area contributed by atoms with Gasteiger partial charge in [-0.15, -0.1) is 0 Å². The molecule has 1 aliphatic carbocycles. The van der Waals surface area contributed by atoms with Crippen LogP contribution < -0.4 is 5.32 Å².